The number of ether oxygens (including phenoxy) is 2. The van der Waals surface area contributed by atoms with E-state index in [2.05, 4.69) is 10.6 Å². The van der Waals surface area contributed by atoms with Crippen LogP contribution in [0.3, 0.4) is 0 Å². The van der Waals surface area contributed by atoms with Crippen molar-refractivity contribution in [1.29, 1.82) is 0 Å². The van der Waals surface area contributed by atoms with Crippen molar-refractivity contribution in [3.63, 3.8) is 0 Å². The molecular formula is C18H19FN2O4. The Morgan fingerprint density at radius 2 is 1.72 bits per heavy atom. The summed E-state index contributed by atoms with van der Waals surface area (Å²) in [5.41, 5.74) is 0.679. The zero-order valence-electron chi connectivity index (χ0n) is 13.9. The third kappa shape index (κ3) is 4.77. The molecule has 2 N–H and O–H groups in total. The average Bonchev–Trinajstić information content (AvgIpc) is 2.64. The van der Waals surface area contributed by atoms with E-state index >= 15 is 0 Å². The van der Waals surface area contributed by atoms with Gasteiger partial charge in [-0.3, -0.25) is 9.59 Å². The quantitative estimate of drug-likeness (QED) is 0.787. The summed E-state index contributed by atoms with van der Waals surface area (Å²) >= 11 is 0. The minimum atomic E-state index is -0.958. The lowest BCUT2D eigenvalue weighted by molar-refractivity contribution is -0.136. The fourth-order valence-corrected chi connectivity index (χ4v) is 2.26. The molecule has 0 aliphatic heterocycles. The van der Waals surface area contributed by atoms with Crippen molar-refractivity contribution in [3.05, 3.63) is 59.9 Å². The first-order valence-electron chi connectivity index (χ1n) is 7.56. The maximum Gasteiger partial charge on any atom is 0.313 e. The molecule has 2 aromatic carbocycles. The number of rotatable bonds is 6. The summed E-state index contributed by atoms with van der Waals surface area (Å²) in [5, 5.41) is 4.69. The standard InChI is InChI=1S/C18H19FN2O4/c1-24-15-10-6-3-7-12(15)16(25-2)11-20-17(22)18(23)21-14-9-5-4-8-13(14)19/h3-10,16H,11H2,1-2H3,(H,20,22)(H,21,23)/t16-/m1/s1. The van der Waals surface area contributed by atoms with Gasteiger partial charge in [-0.05, 0) is 18.2 Å². The zero-order chi connectivity index (χ0) is 18.2. The third-order valence-corrected chi connectivity index (χ3v) is 3.55. The summed E-state index contributed by atoms with van der Waals surface area (Å²) in [6.45, 7) is 0.0560. The SMILES string of the molecule is COc1ccccc1[C@@H](CNC(=O)C(=O)Nc1ccccc1F)OC. The van der Waals surface area contributed by atoms with Gasteiger partial charge in [-0.2, -0.15) is 0 Å². The number of halogens is 1. The van der Waals surface area contributed by atoms with Gasteiger partial charge in [0, 0.05) is 19.2 Å². The van der Waals surface area contributed by atoms with Crippen molar-refractivity contribution in [3.8, 4) is 5.75 Å². The van der Waals surface area contributed by atoms with Crippen LogP contribution in [0.1, 0.15) is 11.7 Å². The van der Waals surface area contributed by atoms with Crippen LogP contribution >= 0.6 is 0 Å². The topological polar surface area (TPSA) is 76.7 Å². The van der Waals surface area contributed by atoms with Crippen molar-refractivity contribution in [2.45, 2.75) is 6.10 Å². The molecule has 25 heavy (non-hydrogen) atoms. The lowest BCUT2D eigenvalue weighted by Gasteiger charge is -2.18. The highest BCUT2D eigenvalue weighted by Gasteiger charge is 2.20. The molecule has 7 heteroatoms. The van der Waals surface area contributed by atoms with Crippen LogP contribution in [0, 0.1) is 5.82 Å². The van der Waals surface area contributed by atoms with E-state index in [1.54, 1.807) is 18.2 Å². The second-order valence-electron chi connectivity index (χ2n) is 5.11. The predicted molar refractivity (Wildman–Crippen MR) is 90.8 cm³/mol. The van der Waals surface area contributed by atoms with Gasteiger partial charge in [0.25, 0.3) is 0 Å². The van der Waals surface area contributed by atoms with Gasteiger partial charge in [0.15, 0.2) is 0 Å². The molecule has 0 bridgehead atoms. The monoisotopic (exact) mass is 346 g/mol. The lowest BCUT2D eigenvalue weighted by Crippen LogP contribution is -2.38. The van der Waals surface area contributed by atoms with Crippen LogP contribution in [0.25, 0.3) is 0 Å². The highest BCUT2D eigenvalue weighted by molar-refractivity contribution is 6.39. The number of amides is 2. The number of hydrogen-bond acceptors (Lipinski definition) is 4. The minimum absolute atomic E-state index is 0.0560. The fourth-order valence-electron chi connectivity index (χ4n) is 2.26. The van der Waals surface area contributed by atoms with Gasteiger partial charge >= 0.3 is 11.8 Å². The van der Waals surface area contributed by atoms with E-state index < -0.39 is 23.7 Å². The Morgan fingerprint density at radius 1 is 1.04 bits per heavy atom. The van der Waals surface area contributed by atoms with E-state index in [0.717, 1.165) is 5.56 Å². The number of carbonyl (C=O) groups is 2. The van der Waals surface area contributed by atoms with Gasteiger partial charge in [0.1, 0.15) is 17.7 Å². The molecule has 1 atom stereocenters. The zero-order valence-corrected chi connectivity index (χ0v) is 13.9. The summed E-state index contributed by atoms with van der Waals surface area (Å²) in [6, 6.07) is 12.8. The molecular weight excluding hydrogens is 327 g/mol. The van der Waals surface area contributed by atoms with Crippen LogP contribution in [0.15, 0.2) is 48.5 Å². The number of methoxy groups -OCH3 is 2. The van der Waals surface area contributed by atoms with E-state index in [1.807, 2.05) is 12.1 Å². The summed E-state index contributed by atoms with van der Waals surface area (Å²) in [4.78, 5) is 23.8. The second-order valence-corrected chi connectivity index (χ2v) is 5.11. The summed E-state index contributed by atoms with van der Waals surface area (Å²) in [5.74, 6) is -1.85. The van der Waals surface area contributed by atoms with Crippen molar-refractivity contribution in [1.82, 2.24) is 5.32 Å². The van der Waals surface area contributed by atoms with E-state index in [1.165, 1.54) is 32.4 Å². The number of anilines is 1. The van der Waals surface area contributed by atoms with Gasteiger partial charge in [-0.1, -0.05) is 30.3 Å². The van der Waals surface area contributed by atoms with Crippen molar-refractivity contribution in [2.24, 2.45) is 0 Å². The fraction of sp³-hybridized carbons (Fsp3) is 0.222. The largest absolute Gasteiger partial charge is 0.496 e. The van der Waals surface area contributed by atoms with Crippen molar-refractivity contribution >= 4 is 17.5 Å². The first kappa shape index (κ1) is 18.4. The maximum absolute atomic E-state index is 13.5. The highest BCUT2D eigenvalue weighted by Crippen LogP contribution is 2.26. The molecule has 0 saturated heterocycles. The van der Waals surface area contributed by atoms with Crippen molar-refractivity contribution < 1.29 is 23.5 Å². The normalized spacial score (nSPS) is 11.5. The Kier molecular flexibility index (Phi) is 6.47. The van der Waals surface area contributed by atoms with Crippen LogP contribution in [-0.2, 0) is 14.3 Å². The number of benzene rings is 2. The molecule has 0 heterocycles. The summed E-state index contributed by atoms with van der Waals surface area (Å²) in [6.07, 6.45) is -0.499. The molecule has 132 valence electrons. The van der Waals surface area contributed by atoms with Gasteiger partial charge in [-0.25, -0.2) is 4.39 Å². The van der Waals surface area contributed by atoms with E-state index in [0.29, 0.717) is 5.75 Å². The molecule has 0 fully saturated rings. The van der Waals surface area contributed by atoms with Gasteiger partial charge < -0.3 is 20.1 Å². The first-order chi connectivity index (χ1) is 12.1. The van der Waals surface area contributed by atoms with E-state index in [4.69, 9.17) is 9.47 Å². The Morgan fingerprint density at radius 3 is 2.40 bits per heavy atom. The average molecular weight is 346 g/mol. The Labute approximate surface area is 144 Å². The van der Waals surface area contributed by atoms with Crippen LogP contribution in [0.2, 0.25) is 0 Å². The van der Waals surface area contributed by atoms with Gasteiger partial charge in [0.05, 0.1) is 12.8 Å². The molecule has 6 nitrogen and oxygen atoms in total. The molecule has 0 saturated carbocycles. The number of carbonyl (C=O) groups excluding carboxylic acids is 2. The van der Waals surface area contributed by atoms with Crippen LogP contribution in [0.5, 0.6) is 5.75 Å². The van der Waals surface area contributed by atoms with E-state index in [9.17, 15) is 14.0 Å². The number of para-hydroxylation sites is 2. The lowest BCUT2D eigenvalue weighted by atomic mass is 10.1. The Balaban J connectivity index is 1.98. The molecule has 0 unspecified atom stereocenters. The summed E-state index contributed by atoms with van der Waals surface area (Å²) in [7, 11) is 3.02. The van der Waals surface area contributed by atoms with Crippen LogP contribution < -0.4 is 15.4 Å². The highest BCUT2D eigenvalue weighted by atomic mass is 19.1. The Bertz CT molecular complexity index is 751. The molecule has 2 amide bonds. The molecule has 0 aliphatic carbocycles. The molecule has 0 aliphatic rings. The second kappa shape index (κ2) is 8.79. The van der Waals surface area contributed by atoms with Gasteiger partial charge in [-0.15, -0.1) is 0 Å². The predicted octanol–water partition coefficient (Wildman–Crippen LogP) is 2.28. The minimum Gasteiger partial charge on any atom is -0.496 e. The number of hydrogen-bond donors (Lipinski definition) is 2. The molecule has 0 aromatic heterocycles. The first-order valence-corrected chi connectivity index (χ1v) is 7.56. The smallest absolute Gasteiger partial charge is 0.313 e. The van der Waals surface area contributed by atoms with Crippen LogP contribution in [0.4, 0.5) is 10.1 Å². The van der Waals surface area contributed by atoms with Crippen LogP contribution in [-0.4, -0.2) is 32.6 Å². The van der Waals surface area contributed by atoms with Crippen molar-refractivity contribution in [2.75, 3.05) is 26.1 Å². The van der Waals surface area contributed by atoms with E-state index in [-0.39, 0.29) is 12.2 Å². The number of nitrogens with one attached hydrogen (secondary N) is 2. The third-order valence-electron chi connectivity index (χ3n) is 3.55. The Hall–Kier alpha value is -2.93. The molecule has 0 radical (unpaired) electrons. The maximum atomic E-state index is 13.5. The molecule has 2 aromatic rings. The van der Waals surface area contributed by atoms with Gasteiger partial charge in [0.2, 0.25) is 0 Å². The molecule has 0 spiro atoms. The summed E-state index contributed by atoms with van der Waals surface area (Å²) < 4.78 is 24.1. The molecule has 2 rings (SSSR count).